The third kappa shape index (κ3) is 10.6. The molecule has 0 amide bonds. The molecule has 0 saturated carbocycles. The molecular weight excluding hydrogens is 813 g/mol. The smallest absolute Gasteiger partial charge is 0.753 e. The Labute approximate surface area is 313 Å². The molecule has 13 nitrogen and oxygen atoms in total. The molecule has 0 unspecified atom stereocenters. The molecule has 19 heteroatoms. The van der Waals surface area contributed by atoms with Crippen LogP contribution in [0.5, 0.6) is 0 Å². The van der Waals surface area contributed by atoms with Crippen molar-refractivity contribution in [3.63, 3.8) is 0 Å². The van der Waals surface area contributed by atoms with E-state index in [0.29, 0.717) is 5.69 Å². The molecule has 0 bridgehead atoms. The number of thiophene rings is 1. The van der Waals surface area contributed by atoms with Gasteiger partial charge in [-0.15, -0.1) is 11.3 Å². The first kappa shape index (κ1) is 40.6. The van der Waals surface area contributed by atoms with E-state index in [0.717, 1.165) is 21.4 Å². The number of carbonyl (C=O) groups is 3. The zero-order valence-corrected chi connectivity index (χ0v) is 29.5. The van der Waals surface area contributed by atoms with Gasteiger partial charge in [-0.25, -0.2) is 19.4 Å². The number of aromatic carboxylic acids is 3. The molecule has 0 saturated heterocycles. The second kappa shape index (κ2) is 17.9. The third-order valence-electron chi connectivity index (χ3n) is 6.49. The Hall–Kier alpha value is -5.87. The molecule has 0 aromatic carbocycles. The minimum Gasteiger partial charge on any atom is -0.753 e. The Morgan fingerprint density at radius 1 is 0.750 bits per heavy atom. The van der Waals surface area contributed by atoms with E-state index in [1.165, 1.54) is 54.0 Å². The second-order valence-electron chi connectivity index (χ2n) is 9.95. The van der Waals surface area contributed by atoms with Crippen molar-refractivity contribution in [1.82, 2.24) is 30.1 Å². The quantitative estimate of drug-likeness (QED) is 0.0832. The summed E-state index contributed by atoms with van der Waals surface area (Å²) in [6, 6.07) is 16.0. The van der Waals surface area contributed by atoms with E-state index in [9.17, 15) is 32.7 Å². The summed E-state index contributed by atoms with van der Waals surface area (Å²) >= 11 is 5.31. The van der Waals surface area contributed by atoms with E-state index in [2.05, 4.69) is 42.4 Å². The van der Waals surface area contributed by atoms with Crippen molar-refractivity contribution < 1.29 is 62.4 Å². The first-order valence-electron chi connectivity index (χ1n) is 14.0. The molecule has 0 spiro atoms. The molecule has 264 valence electrons. The van der Waals surface area contributed by atoms with Crippen molar-refractivity contribution in [3.05, 3.63) is 118 Å². The molecule has 6 aromatic rings. The first-order valence-corrected chi connectivity index (χ1v) is 15.2. The maximum absolute atomic E-state index is 12.5. The Morgan fingerprint density at radius 3 is 1.67 bits per heavy atom. The van der Waals surface area contributed by atoms with Crippen LogP contribution in [0.15, 0.2) is 85.3 Å². The zero-order valence-electron chi connectivity index (χ0n) is 26.1. The SMILES string of the molecule is Cc1ccc(-c2ccnc(-c3cc(C(F)(F)F)n[n-]3)c2)s1.O=C(O)c1ccnc(-c2cc(C(=O)O)cc(-c3cc(C(=O)O)ccn3)n2)c1.[N-]=C=S.[Ru+2]. The van der Waals surface area contributed by atoms with Crippen molar-refractivity contribution in [2.24, 2.45) is 0 Å². The van der Waals surface area contributed by atoms with Gasteiger partial charge in [-0.2, -0.15) is 18.3 Å². The number of isothiocyanates is 1. The summed E-state index contributed by atoms with van der Waals surface area (Å²) in [5.74, 6) is -3.56. The monoisotopic (exact) mass is 833 g/mol. The van der Waals surface area contributed by atoms with Crippen LogP contribution in [0.1, 0.15) is 41.6 Å². The Balaban J connectivity index is 0.000000262. The number of carboxylic acids is 3. The molecule has 0 aliphatic heterocycles. The van der Waals surface area contributed by atoms with Gasteiger partial charge in [0.25, 0.3) is 0 Å². The molecule has 0 fully saturated rings. The average Bonchev–Trinajstić information content (AvgIpc) is 3.79. The van der Waals surface area contributed by atoms with Crippen LogP contribution < -0.4 is 5.10 Å². The summed E-state index contributed by atoms with van der Waals surface area (Å²) < 4.78 is 37.6. The zero-order chi connectivity index (χ0) is 37.3. The molecule has 0 radical (unpaired) electrons. The van der Waals surface area contributed by atoms with E-state index in [-0.39, 0.29) is 64.6 Å². The second-order valence-corrected chi connectivity index (χ2v) is 11.4. The number of rotatable bonds is 7. The first-order chi connectivity index (χ1) is 24.2. The fraction of sp³-hybridized carbons (Fsp3) is 0.0606. The van der Waals surface area contributed by atoms with Crippen molar-refractivity contribution >= 4 is 46.6 Å². The minimum absolute atomic E-state index is 0. The van der Waals surface area contributed by atoms with Crippen LogP contribution in [0.2, 0.25) is 0 Å². The van der Waals surface area contributed by atoms with Gasteiger partial charge in [-0.05, 0) is 79.2 Å². The van der Waals surface area contributed by atoms with Gasteiger partial charge in [-0.3, -0.25) is 15.0 Å². The number of carboxylic acid groups (broad SMARTS) is 3. The van der Waals surface area contributed by atoms with Crippen molar-refractivity contribution in [1.29, 1.82) is 0 Å². The number of thiocarbonyl (C=S) groups is 1. The van der Waals surface area contributed by atoms with Gasteiger partial charge in [-0.1, -0.05) is 17.9 Å². The Bertz CT molecular complexity index is 2200. The van der Waals surface area contributed by atoms with Crippen molar-refractivity contribution in [2.45, 2.75) is 13.1 Å². The number of halogens is 3. The van der Waals surface area contributed by atoms with E-state index < -0.39 is 29.8 Å². The van der Waals surface area contributed by atoms with E-state index in [1.807, 2.05) is 25.1 Å². The van der Waals surface area contributed by atoms with Gasteiger partial charge in [0.1, 0.15) is 5.69 Å². The summed E-state index contributed by atoms with van der Waals surface area (Å²) in [6.07, 6.45) is -0.386. The van der Waals surface area contributed by atoms with E-state index in [1.54, 1.807) is 23.6 Å². The maximum Gasteiger partial charge on any atom is 2.00 e. The summed E-state index contributed by atoms with van der Waals surface area (Å²) in [5.41, 5.74) is 0.767. The number of hydrogen-bond donors (Lipinski definition) is 3. The number of aryl methyl sites for hydroxylation is 1. The topological polar surface area (TPSA) is 213 Å². The standard InChI is InChI=1S/C18H11N3O6.C14H9F3N3S.CNS.Ru/c22-16(23)9-1-3-19-12(5-9)14-7-11(18(26)27)8-15(21-14)13-6-10(17(24)25)2-4-20-13;1-8-2-3-12(21-8)9-4-5-18-10(6-9)11-7-13(20-19-11)14(15,16)17;2-1-3;/h1-8H,(H,22,23)(H,24,25)(H,26,27);2-7H,1H3;;/q;2*-1;+2. The Kier molecular flexibility index (Phi) is 13.9. The van der Waals surface area contributed by atoms with Crippen molar-refractivity contribution in [3.8, 4) is 44.6 Å². The number of pyridine rings is 4. The van der Waals surface area contributed by atoms with Crippen LogP contribution >= 0.6 is 23.6 Å². The minimum atomic E-state index is -4.49. The van der Waals surface area contributed by atoms with Gasteiger partial charge in [0, 0.05) is 28.3 Å². The average molecular weight is 833 g/mol. The summed E-state index contributed by atoms with van der Waals surface area (Å²) in [4.78, 5) is 52.4. The van der Waals surface area contributed by atoms with Crippen molar-refractivity contribution in [2.75, 3.05) is 0 Å². The van der Waals surface area contributed by atoms with Crippen LogP contribution in [0.4, 0.5) is 13.2 Å². The fourth-order valence-corrected chi connectivity index (χ4v) is 5.06. The van der Waals surface area contributed by atoms with Crippen LogP contribution in [0.3, 0.4) is 0 Å². The summed E-state index contributed by atoms with van der Waals surface area (Å²) in [5, 5.41) is 42.8. The summed E-state index contributed by atoms with van der Waals surface area (Å²) in [7, 11) is 0. The van der Waals surface area contributed by atoms with Crippen LogP contribution in [0, 0.1) is 6.92 Å². The van der Waals surface area contributed by atoms with Crippen LogP contribution in [-0.2, 0) is 25.7 Å². The number of nitrogens with zero attached hydrogens (tertiary/aromatic N) is 7. The largest absolute Gasteiger partial charge is 2.00 e. The van der Waals surface area contributed by atoms with Gasteiger partial charge in [0.15, 0.2) is 0 Å². The van der Waals surface area contributed by atoms with Gasteiger partial charge in [0.05, 0.1) is 45.2 Å². The number of alkyl halides is 3. The van der Waals surface area contributed by atoms with E-state index in [4.69, 9.17) is 15.6 Å². The molecule has 3 N–H and O–H groups in total. The predicted molar refractivity (Wildman–Crippen MR) is 181 cm³/mol. The normalized spacial score (nSPS) is 10.3. The molecule has 6 aromatic heterocycles. The van der Waals surface area contributed by atoms with Gasteiger partial charge < -0.3 is 30.9 Å². The molecule has 6 heterocycles. The number of hydrogen-bond acceptors (Lipinski definition) is 10. The fourth-order valence-electron chi connectivity index (χ4n) is 4.20. The van der Waals surface area contributed by atoms with Crippen LogP contribution in [0.25, 0.3) is 50.0 Å². The Morgan fingerprint density at radius 2 is 1.23 bits per heavy atom. The molecule has 0 atom stereocenters. The molecule has 0 aliphatic carbocycles. The maximum atomic E-state index is 12.5. The van der Waals surface area contributed by atoms with Gasteiger partial charge >= 0.3 is 43.6 Å². The van der Waals surface area contributed by atoms with Crippen LogP contribution in [-0.4, -0.2) is 63.4 Å². The molecule has 6 rings (SSSR count). The summed E-state index contributed by atoms with van der Waals surface area (Å²) in [6.45, 7) is 1.99. The van der Waals surface area contributed by atoms with E-state index >= 15 is 0 Å². The molecule has 0 aliphatic rings. The number of aromatic nitrogens is 6. The third-order valence-corrected chi connectivity index (χ3v) is 7.54. The molecular formula is C33H20F3N7O6RuS2. The predicted octanol–water partition coefficient (Wildman–Crippen LogP) is 7.11. The molecule has 52 heavy (non-hydrogen) atoms. The van der Waals surface area contributed by atoms with Gasteiger partial charge in [0.2, 0.25) is 0 Å².